The fourth-order valence-corrected chi connectivity index (χ4v) is 3.96. The molecule has 6 nitrogen and oxygen atoms in total. The topological polar surface area (TPSA) is 74.6 Å². The van der Waals surface area contributed by atoms with E-state index in [1.165, 1.54) is 12.3 Å². The van der Waals surface area contributed by atoms with Crippen molar-refractivity contribution in [3.63, 3.8) is 0 Å². The Bertz CT molecular complexity index is 553. The lowest BCUT2D eigenvalue weighted by atomic mass is 10.1. The number of hydrogen-bond donors (Lipinski definition) is 2. The normalized spacial score (nSPS) is 21.2. The Morgan fingerprint density at radius 1 is 1.50 bits per heavy atom. The summed E-state index contributed by atoms with van der Waals surface area (Å²) in [6, 6.07) is 1.48. The molecule has 20 heavy (non-hydrogen) atoms. The van der Waals surface area contributed by atoms with Gasteiger partial charge in [0.15, 0.2) is 0 Å². The number of aryl methyl sites for hydroxylation is 1. The summed E-state index contributed by atoms with van der Waals surface area (Å²) in [6.45, 7) is 4.66. The van der Waals surface area contributed by atoms with Gasteiger partial charge in [-0.25, -0.2) is 13.1 Å². The standard InChI is InChI=1S/C13H23N3O3S/c1-3-16-6-4-5-11(8-16)14-20(18,19)13-7-12(10-17)15(2)9-13/h7,9,11,14,17H,3-6,8,10H2,1-2H3. The fraction of sp³-hybridized carbons (Fsp3) is 0.692. The first-order chi connectivity index (χ1) is 9.46. The minimum atomic E-state index is -3.51. The van der Waals surface area contributed by atoms with Gasteiger partial charge in [-0.2, -0.15) is 0 Å². The van der Waals surface area contributed by atoms with Crippen molar-refractivity contribution in [3.05, 3.63) is 18.0 Å². The molecule has 0 saturated carbocycles. The third-order valence-electron chi connectivity index (χ3n) is 3.83. The van der Waals surface area contributed by atoms with Gasteiger partial charge in [-0.1, -0.05) is 6.92 Å². The predicted octanol–water partition coefficient (Wildman–Crippen LogP) is 0.280. The molecule has 2 heterocycles. The SMILES string of the molecule is CCN1CCCC(NS(=O)(=O)c2cc(CO)n(C)c2)C1. The Morgan fingerprint density at radius 2 is 2.25 bits per heavy atom. The molecule has 0 radical (unpaired) electrons. The van der Waals surface area contributed by atoms with Gasteiger partial charge in [0.05, 0.1) is 11.5 Å². The summed E-state index contributed by atoms with van der Waals surface area (Å²) in [5.74, 6) is 0. The van der Waals surface area contributed by atoms with Crippen molar-refractivity contribution in [1.29, 1.82) is 0 Å². The highest BCUT2D eigenvalue weighted by atomic mass is 32.2. The van der Waals surface area contributed by atoms with E-state index in [-0.39, 0.29) is 17.5 Å². The van der Waals surface area contributed by atoms with E-state index in [0.29, 0.717) is 5.69 Å². The smallest absolute Gasteiger partial charge is 0.242 e. The summed E-state index contributed by atoms with van der Waals surface area (Å²) in [6.07, 6.45) is 3.42. The number of hydrogen-bond acceptors (Lipinski definition) is 4. The van der Waals surface area contributed by atoms with Gasteiger partial charge in [0.25, 0.3) is 0 Å². The number of likely N-dealkylation sites (tertiary alicyclic amines) is 1. The maximum atomic E-state index is 12.4. The van der Waals surface area contributed by atoms with Gasteiger partial charge in [-0.15, -0.1) is 0 Å². The number of piperidine rings is 1. The van der Waals surface area contributed by atoms with Gasteiger partial charge in [-0.05, 0) is 32.0 Å². The second-order valence-corrected chi connectivity index (χ2v) is 7.00. The number of aromatic nitrogens is 1. The first-order valence-electron chi connectivity index (χ1n) is 6.97. The van der Waals surface area contributed by atoms with E-state index in [4.69, 9.17) is 5.11 Å². The molecule has 0 amide bonds. The number of nitrogens with one attached hydrogen (secondary N) is 1. The van der Waals surface area contributed by atoms with Crippen LogP contribution in [0.5, 0.6) is 0 Å². The second-order valence-electron chi connectivity index (χ2n) is 5.29. The molecule has 114 valence electrons. The fourth-order valence-electron chi connectivity index (χ4n) is 2.61. The van der Waals surface area contributed by atoms with Crippen LogP contribution in [0.3, 0.4) is 0 Å². The van der Waals surface area contributed by atoms with Crippen LogP contribution >= 0.6 is 0 Å². The second kappa shape index (κ2) is 6.26. The van der Waals surface area contributed by atoms with E-state index in [9.17, 15) is 8.42 Å². The first-order valence-corrected chi connectivity index (χ1v) is 8.45. The van der Waals surface area contributed by atoms with E-state index >= 15 is 0 Å². The molecule has 1 saturated heterocycles. The number of aliphatic hydroxyl groups is 1. The quantitative estimate of drug-likeness (QED) is 0.819. The summed E-state index contributed by atoms with van der Waals surface area (Å²) in [7, 11) is -1.79. The molecule has 1 aliphatic heterocycles. The number of aliphatic hydroxyl groups excluding tert-OH is 1. The Balaban J connectivity index is 2.10. The zero-order chi connectivity index (χ0) is 14.8. The predicted molar refractivity (Wildman–Crippen MR) is 76.8 cm³/mol. The minimum absolute atomic E-state index is 0.0357. The van der Waals surface area contributed by atoms with Gasteiger partial charge < -0.3 is 14.6 Å². The monoisotopic (exact) mass is 301 g/mol. The third-order valence-corrected chi connectivity index (χ3v) is 5.32. The highest BCUT2D eigenvalue weighted by Crippen LogP contribution is 2.16. The molecule has 1 aliphatic rings. The van der Waals surface area contributed by atoms with Crippen molar-refractivity contribution in [2.24, 2.45) is 7.05 Å². The lowest BCUT2D eigenvalue weighted by Gasteiger charge is -2.31. The van der Waals surface area contributed by atoms with Crippen molar-refractivity contribution in [1.82, 2.24) is 14.2 Å². The average Bonchev–Trinajstić information content (AvgIpc) is 2.80. The van der Waals surface area contributed by atoms with Crippen LogP contribution in [-0.4, -0.2) is 48.7 Å². The third kappa shape index (κ3) is 3.41. The van der Waals surface area contributed by atoms with Crippen LogP contribution in [0.4, 0.5) is 0 Å². The lowest BCUT2D eigenvalue weighted by molar-refractivity contribution is 0.211. The average molecular weight is 301 g/mol. The molecular formula is C13H23N3O3S. The van der Waals surface area contributed by atoms with E-state index in [2.05, 4.69) is 16.5 Å². The summed E-state index contributed by atoms with van der Waals surface area (Å²) >= 11 is 0. The highest BCUT2D eigenvalue weighted by Gasteiger charge is 2.25. The largest absolute Gasteiger partial charge is 0.390 e. The molecule has 1 aromatic heterocycles. The highest BCUT2D eigenvalue weighted by molar-refractivity contribution is 7.89. The molecule has 2 N–H and O–H groups in total. The molecule has 1 fully saturated rings. The Hall–Kier alpha value is -0.890. The summed E-state index contributed by atoms with van der Waals surface area (Å²) in [4.78, 5) is 2.47. The molecule has 1 unspecified atom stereocenters. The van der Waals surface area contributed by atoms with Crippen LogP contribution in [-0.2, 0) is 23.7 Å². The van der Waals surface area contributed by atoms with Crippen LogP contribution in [0.1, 0.15) is 25.5 Å². The van der Waals surface area contributed by atoms with Crippen LogP contribution in [0, 0.1) is 0 Å². The summed E-state index contributed by atoms with van der Waals surface area (Å²) in [5, 5.41) is 9.14. The van der Waals surface area contributed by atoms with Crippen molar-refractivity contribution in [2.75, 3.05) is 19.6 Å². The molecule has 0 bridgehead atoms. The van der Waals surface area contributed by atoms with E-state index < -0.39 is 10.0 Å². The molecule has 1 atom stereocenters. The van der Waals surface area contributed by atoms with E-state index in [1.807, 2.05) is 0 Å². The van der Waals surface area contributed by atoms with Crippen LogP contribution < -0.4 is 4.72 Å². The van der Waals surface area contributed by atoms with Crippen LogP contribution in [0.25, 0.3) is 0 Å². The number of likely N-dealkylation sites (N-methyl/N-ethyl adjacent to an activating group) is 1. The Kier molecular flexibility index (Phi) is 4.85. The maximum absolute atomic E-state index is 12.4. The molecule has 0 aliphatic carbocycles. The molecule has 1 aromatic rings. The van der Waals surface area contributed by atoms with Gasteiger partial charge in [0.2, 0.25) is 10.0 Å². The van der Waals surface area contributed by atoms with E-state index in [0.717, 1.165) is 32.5 Å². The van der Waals surface area contributed by atoms with E-state index in [1.54, 1.807) is 11.6 Å². The Labute approximate surface area is 120 Å². The van der Waals surface area contributed by atoms with Crippen molar-refractivity contribution >= 4 is 10.0 Å². The molecular weight excluding hydrogens is 278 g/mol. The number of nitrogens with zero attached hydrogens (tertiary/aromatic N) is 2. The maximum Gasteiger partial charge on any atom is 0.242 e. The first kappa shape index (κ1) is 15.5. The zero-order valence-electron chi connectivity index (χ0n) is 12.0. The van der Waals surface area contributed by atoms with Gasteiger partial charge in [-0.3, -0.25) is 0 Å². The van der Waals surface area contributed by atoms with Gasteiger partial charge >= 0.3 is 0 Å². The van der Waals surface area contributed by atoms with Crippen LogP contribution in [0.15, 0.2) is 17.2 Å². The molecule has 7 heteroatoms. The van der Waals surface area contributed by atoms with Crippen LogP contribution in [0.2, 0.25) is 0 Å². The minimum Gasteiger partial charge on any atom is -0.390 e. The molecule has 2 rings (SSSR count). The number of sulfonamides is 1. The van der Waals surface area contributed by atoms with Crippen molar-refractivity contribution in [2.45, 2.75) is 37.3 Å². The molecule has 0 aromatic carbocycles. The number of rotatable bonds is 5. The van der Waals surface area contributed by atoms with Crippen molar-refractivity contribution in [3.8, 4) is 0 Å². The summed E-state index contributed by atoms with van der Waals surface area (Å²) in [5.41, 5.74) is 0.587. The van der Waals surface area contributed by atoms with Crippen molar-refractivity contribution < 1.29 is 13.5 Å². The Morgan fingerprint density at radius 3 is 2.85 bits per heavy atom. The summed E-state index contributed by atoms with van der Waals surface area (Å²) < 4.78 is 29.1. The van der Waals surface area contributed by atoms with Gasteiger partial charge in [0, 0.05) is 31.5 Å². The zero-order valence-corrected chi connectivity index (χ0v) is 12.9. The molecule has 0 spiro atoms. The van der Waals surface area contributed by atoms with Gasteiger partial charge in [0.1, 0.15) is 0 Å². The lowest BCUT2D eigenvalue weighted by Crippen LogP contribution is -2.47.